The molecule has 0 saturated heterocycles. The third-order valence-electron chi connectivity index (χ3n) is 2.68. The second-order valence-electron chi connectivity index (χ2n) is 3.71. The van der Waals surface area contributed by atoms with Crippen molar-refractivity contribution in [1.29, 1.82) is 0 Å². The van der Waals surface area contributed by atoms with Crippen molar-refractivity contribution in [1.82, 2.24) is 14.6 Å². The minimum Gasteiger partial charge on any atom is -0.497 e. The first kappa shape index (κ1) is 10.5. The number of thiazole rings is 1. The number of aromatic nitrogens is 3. The van der Waals surface area contributed by atoms with Crippen LogP contribution in [0.2, 0.25) is 0 Å². The lowest BCUT2D eigenvalue weighted by molar-refractivity contribution is 0.415. The van der Waals surface area contributed by atoms with Crippen LogP contribution >= 0.6 is 11.3 Å². The molecule has 0 spiro atoms. The molecule has 2 heterocycles. The lowest BCUT2D eigenvalue weighted by atomic mass is 10.3. The van der Waals surface area contributed by atoms with Crippen LogP contribution in [0.5, 0.6) is 5.75 Å². The van der Waals surface area contributed by atoms with E-state index in [0.29, 0.717) is 6.54 Å². The highest BCUT2D eigenvalue weighted by molar-refractivity contribution is 7.23. The summed E-state index contributed by atoms with van der Waals surface area (Å²) in [5, 5.41) is 8.31. The molecule has 0 fully saturated rings. The lowest BCUT2D eigenvalue weighted by Gasteiger charge is -1.99. The number of hydrogen-bond acceptors (Lipinski definition) is 5. The van der Waals surface area contributed by atoms with Gasteiger partial charge in [0, 0.05) is 6.42 Å². The van der Waals surface area contributed by atoms with Gasteiger partial charge in [0.25, 0.3) is 0 Å². The number of ether oxygens (including phenoxy) is 1. The van der Waals surface area contributed by atoms with Gasteiger partial charge in [0.15, 0.2) is 0 Å². The molecule has 0 radical (unpaired) electrons. The molecule has 0 aliphatic carbocycles. The van der Waals surface area contributed by atoms with Gasteiger partial charge in [-0.15, -0.1) is 10.2 Å². The van der Waals surface area contributed by atoms with E-state index in [9.17, 15) is 0 Å². The van der Waals surface area contributed by atoms with Crippen LogP contribution < -0.4 is 10.5 Å². The Balaban J connectivity index is 2.28. The molecule has 17 heavy (non-hydrogen) atoms. The zero-order valence-electron chi connectivity index (χ0n) is 9.38. The van der Waals surface area contributed by atoms with Crippen LogP contribution in [0.1, 0.15) is 5.82 Å². The van der Waals surface area contributed by atoms with Gasteiger partial charge in [0.2, 0.25) is 4.96 Å². The molecular weight excluding hydrogens is 236 g/mol. The van der Waals surface area contributed by atoms with Crippen LogP contribution in [0.15, 0.2) is 18.2 Å². The molecular formula is C11H12N4OS. The SMILES string of the molecule is COc1ccc2c(c1)sc1nnc(CCN)n12. The van der Waals surface area contributed by atoms with Gasteiger partial charge in [0.05, 0.1) is 17.3 Å². The predicted molar refractivity (Wildman–Crippen MR) is 67.7 cm³/mol. The Morgan fingerprint density at radius 3 is 3.06 bits per heavy atom. The summed E-state index contributed by atoms with van der Waals surface area (Å²) in [7, 11) is 1.67. The van der Waals surface area contributed by atoms with Gasteiger partial charge in [-0.25, -0.2) is 0 Å². The van der Waals surface area contributed by atoms with Crippen LogP contribution in [0.25, 0.3) is 15.2 Å². The monoisotopic (exact) mass is 248 g/mol. The average molecular weight is 248 g/mol. The average Bonchev–Trinajstić information content (AvgIpc) is 2.88. The quantitative estimate of drug-likeness (QED) is 0.762. The Kier molecular flexibility index (Phi) is 2.45. The molecule has 0 aliphatic rings. The Labute approximate surface area is 102 Å². The van der Waals surface area contributed by atoms with E-state index in [1.165, 1.54) is 0 Å². The molecule has 6 heteroatoms. The summed E-state index contributed by atoms with van der Waals surface area (Å²) in [5.41, 5.74) is 6.68. The number of nitrogens with zero attached hydrogens (tertiary/aromatic N) is 3. The van der Waals surface area contributed by atoms with E-state index >= 15 is 0 Å². The Hall–Kier alpha value is -1.66. The summed E-state index contributed by atoms with van der Waals surface area (Å²) in [6.07, 6.45) is 0.735. The van der Waals surface area contributed by atoms with Gasteiger partial charge in [-0.05, 0) is 24.7 Å². The van der Waals surface area contributed by atoms with E-state index in [4.69, 9.17) is 10.5 Å². The largest absolute Gasteiger partial charge is 0.497 e. The molecule has 2 N–H and O–H groups in total. The second-order valence-corrected chi connectivity index (χ2v) is 4.72. The molecule has 3 aromatic rings. The van der Waals surface area contributed by atoms with E-state index in [0.717, 1.165) is 33.2 Å². The smallest absolute Gasteiger partial charge is 0.217 e. The molecule has 1 aromatic carbocycles. The maximum absolute atomic E-state index is 5.57. The summed E-state index contributed by atoms with van der Waals surface area (Å²) in [6, 6.07) is 5.99. The summed E-state index contributed by atoms with van der Waals surface area (Å²) >= 11 is 1.61. The molecule has 5 nitrogen and oxygen atoms in total. The molecule has 2 aromatic heterocycles. The van der Waals surface area contributed by atoms with Crippen LogP contribution in [-0.4, -0.2) is 28.3 Å². The third-order valence-corrected chi connectivity index (χ3v) is 3.67. The highest BCUT2D eigenvalue weighted by atomic mass is 32.1. The van der Waals surface area contributed by atoms with Crippen molar-refractivity contribution in [2.24, 2.45) is 5.73 Å². The molecule has 0 saturated carbocycles. The Bertz CT molecular complexity index is 673. The van der Waals surface area contributed by atoms with Crippen LogP contribution in [0.3, 0.4) is 0 Å². The van der Waals surface area contributed by atoms with Gasteiger partial charge >= 0.3 is 0 Å². The molecule has 88 valence electrons. The van der Waals surface area contributed by atoms with Gasteiger partial charge in [-0.2, -0.15) is 0 Å². The van der Waals surface area contributed by atoms with Crippen molar-refractivity contribution in [2.45, 2.75) is 6.42 Å². The predicted octanol–water partition coefficient (Wildman–Crippen LogP) is 1.45. The molecule has 0 atom stereocenters. The van der Waals surface area contributed by atoms with E-state index < -0.39 is 0 Å². The molecule has 0 amide bonds. The Morgan fingerprint density at radius 1 is 1.41 bits per heavy atom. The first-order chi connectivity index (χ1) is 8.33. The number of fused-ring (bicyclic) bond motifs is 3. The zero-order chi connectivity index (χ0) is 11.8. The molecule has 0 aliphatic heterocycles. The van der Waals surface area contributed by atoms with Crippen molar-refractivity contribution >= 4 is 26.5 Å². The fourth-order valence-electron chi connectivity index (χ4n) is 1.89. The second kappa shape index (κ2) is 3.97. The minimum absolute atomic E-state index is 0.578. The maximum atomic E-state index is 5.57. The lowest BCUT2D eigenvalue weighted by Crippen LogP contribution is -2.06. The first-order valence-electron chi connectivity index (χ1n) is 5.34. The van der Waals surface area contributed by atoms with Gasteiger partial charge < -0.3 is 10.5 Å². The minimum atomic E-state index is 0.578. The van der Waals surface area contributed by atoms with Gasteiger partial charge in [-0.1, -0.05) is 11.3 Å². The van der Waals surface area contributed by atoms with Crippen LogP contribution in [0.4, 0.5) is 0 Å². The number of hydrogen-bond donors (Lipinski definition) is 1. The van der Waals surface area contributed by atoms with Crippen LogP contribution in [-0.2, 0) is 6.42 Å². The summed E-state index contributed by atoms with van der Waals surface area (Å²) < 4.78 is 8.42. The van der Waals surface area contributed by atoms with Crippen LogP contribution in [0, 0.1) is 0 Å². The first-order valence-corrected chi connectivity index (χ1v) is 6.15. The number of benzene rings is 1. The normalized spacial score (nSPS) is 11.4. The zero-order valence-corrected chi connectivity index (χ0v) is 10.2. The standard InChI is InChI=1S/C11H12N4OS/c1-16-7-2-3-8-9(6-7)17-11-14-13-10(4-5-12)15(8)11/h2-3,6H,4-5,12H2,1H3. The van der Waals surface area contributed by atoms with Crippen molar-refractivity contribution in [2.75, 3.05) is 13.7 Å². The van der Waals surface area contributed by atoms with Gasteiger partial charge in [0.1, 0.15) is 11.6 Å². The number of rotatable bonds is 3. The maximum Gasteiger partial charge on any atom is 0.217 e. The van der Waals surface area contributed by atoms with E-state index in [2.05, 4.69) is 14.6 Å². The van der Waals surface area contributed by atoms with E-state index in [1.54, 1.807) is 18.4 Å². The fraction of sp³-hybridized carbons (Fsp3) is 0.273. The highest BCUT2D eigenvalue weighted by Crippen LogP contribution is 2.29. The molecule has 0 unspecified atom stereocenters. The summed E-state index contributed by atoms with van der Waals surface area (Å²) in [4.78, 5) is 0.900. The molecule has 3 rings (SSSR count). The van der Waals surface area contributed by atoms with E-state index in [1.807, 2.05) is 18.2 Å². The van der Waals surface area contributed by atoms with Crippen molar-refractivity contribution in [3.63, 3.8) is 0 Å². The van der Waals surface area contributed by atoms with Crippen molar-refractivity contribution in [3.05, 3.63) is 24.0 Å². The van der Waals surface area contributed by atoms with E-state index in [-0.39, 0.29) is 0 Å². The fourth-order valence-corrected chi connectivity index (χ4v) is 2.90. The van der Waals surface area contributed by atoms with Gasteiger partial charge in [-0.3, -0.25) is 4.40 Å². The number of methoxy groups -OCH3 is 1. The molecule has 0 bridgehead atoms. The third kappa shape index (κ3) is 1.57. The summed E-state index contributed by atoms with van der Waals surface area (Å²) in [6.45, 7) is 0.578. The van der Waals surface area contributed by atoms with Crippen molar-refractivity contribution in [3.8, 4) is 5.75 Å². The Morgan fingerprint density at radius 2 is 2.29 bits per heavy atom. The topological polar surface area (TPSA) is 65.4 Å². The summed E-state index contributed by atoms with van der Waals surface area (Å²) in [5.74, 6) is 1.77. The number of nitrogens with two attached hydrogens (primary N) is 1. The van der Waals surface area contributed by atoms with Crippen molar-refractivity contribution < 1.29 is 4.74 Å². The highest BCUT2D eigenvalue weighted by Gasteiger charge is 2.11.